The summed E-state index contributed by atoms with van der Waals surface area (Å²) in [7, 11) is 0. The molecule has 2 amide bonds. The molecule has 3 fully saturated rings. The fraction of sp³-hybridized carbons (Fsp3) is 0.579. The van der Waals surface area contributed by atoms with E-state index in [9.17, 15) is 9.59 Å². The molecular weight excluding hydrogens is 318 g/mol. The van der Waals surface area contributed by atoms with Gasteiger partial charge in [0.1, 0.15) is 5.54 Å². The monoisotopic (exact) mass is 341 g/mol. The highest BCUT2D eigenvalue weighted by molar-refractivity contribution is 6.09. The second kappa shape index (κ2) is 5.54. The van der Waals surface area contributed by atoms with E-state index in [0.29, 0.717) is 32.3 Å². The van der Waals surface area contributed by atoms with E-state index in [4.69, 9.17) is 4.74 Å². The molecule has 0 bridgehead atoms. The summed E-state index contributed by atoms with van der Waals surface area (Å²) in [5.74, 6) is -0.214. The third-order valence-corrected chi connectivity index (χ3v) is 6.40. The Morgan fingerprint density at radius 2 is 2.00 bits per heavy atom. The highest BCUT2D eigenvalue weighted by Gasteiger charge is 2.65. The van der Waals surface area contributed by atoms with Crippen LogP contribution in [0.1, 0.15) is 24.8 Å². The van der Waals surface area contributed by atoms with Crippen molar-refractivity contribution in [3.05, 3.63) is 29.8 Å². The molecule has 25 heavy (non-hydrogen) atoms. The largest absolute Gasteiger partial charge is 0.378 e. The van der Waals surface area contributed by atoms with E-state index in [1.165, 1.54) is 0 Å². The number of carbonyl (C=O) groups excluding carboxylic acids is 2. The molecule has 0 aliphatic carbocycles. The zero-order valence-corrected chi connectivity index (χ0v) is 14.2. The Morgan fingerprint density at radius 3 is 2.84 bits per heavy atom. The predicted octanol–water partition coefficient (Wildman–Crippen LogP) is 1.18. The normalized spacial score (nSPS) is 34.2. The number of morpholine rings is 1. The Kier molecular flexibility index (Phi) is 3.40. The van der Waals surface area contributed by atoms with Crippen LogP contribution in [0.2, 0.25) is 0 Å². The molecule has 3 saturated heterocycles. The molecule has 1 aromatic rings. The van der Waals surface area contributed by atoms with Crippen LogP contribution in [0.3, 0.4) is 0 Å². The van der Waals surface area contributed by atoms with E-state index in [1.807, 2.05) is 29.2 Å². The number of anilines is 1. The van der Waals surface area contributed by atoms with Crippen LogP contribution in [-0.4, -0.2) is 60.5 Å². The van der Waals surface area contributed by atoms with E-state index < -0.39 is 5.54 Å². The molecule has 1 spiro atoms. The van der Waals surface area contributed by atoms with Gasteiger partial charge in [0.2, 0.25) is 11.8 Å². The Morgan fingerprint density at radius 1 is 1.20 bits per heavy atom. The van der Waals surface area contributed by atoms with Crippen molar-refractivity contribution in [1.29, 1.82) is 0 Å². The van der Waals surface area contributed by atoms with Gasteiger partial charge in [-0.3, -0.25) is 14.5 Å². The standard InChI is InChI=1S/C19H23N3O3/c23-17(21-8-10-25-11-9-21)15-12-13-4-3-7-22(13)19(15)14-5-1-2-6-16(14)20-18(19)24/h1-2,5-6,13,15H,3-4,7-12H2,(H,20,24). The first-order valence-electron chi connectivity index (χ1n) is 9.27. The molecule has 4 heterocycles. The predicted molar refractivity (Wildman–Crippen MR) is 92.0 cm³/mol. The molecular formula is C19H23N3O3. The third-order valence-electron chi connectivity index (χ3n) is 6.40. The first kappa shape index (κ1) is 15.3. The lowest BCUT2D eigenvalue weighted by Gasteiger charge is -2.39. The molecule has 0 saturated carbocycles. The van der Waals surface area contributed by atoms with Crippen molar-refractivity contribution in [2.75, 3.05) is 38.2 Å². The lowest BCUT2D eigenvalue weighted by atomic mass is 9.78. The molecule has 5 rings (SSSR count). The topological polar surface area (TPSA) is 61.9 Å². The summed E-state index contributed by atoms with van der Waals surface area (Å²) in [4.78, 5) is 30.9. The number of carbonyl (C=O) groups is 2. The first-order valence-corrected chi connectivity index (χ1v) is 9.27. The van der Waals surface area contributed by atoms with Gasteiger partial charge in [-0.25, -0.2) is 0 Å². The third kappa shape index (κ3) is 1.98. The molecule has 3 unspecified atom stereocenters. The van der Waals surface area contributed by atoms with Gasteiger partial charge in [0.15, 0.2) is 0 Å². The van der Waals surface area contributed by atoms with E-state index >= 15 is 0 Å². The van der Waals surface area contributed by atoms with Gasteiger partial charge in [-0.1, -0.05) is 18.2 Å². The first-order chi connectivity index (χ1) is 12.2. The summed E-state index contributed by atoms with van der Waals surface area (Å²) in [6, 6.07) is 8.20. The number of ether oxygens (including phenoxy) is 1. The van der Waals surface area contributed by atoms with Gasteiger partial charge in [0, 0.05) is 30.4 Å². The van der Waals surface area contributed by atoms with E-state index in [1.54, 1.807) is 0 Å². The van der Waals surface area contributed by atoms with Gasteiger partial charge in [-0.05, 0) is 31.9 Å². The highest BCUT2D eigenvalue weighted by atomic mass is 16.5. The Bertz CT molecular complexity index is 730. The lowest BCUT2D eigenvalue weighted by molar-refractivity contribution is -0.147. The van der Waals surface area contributed by atoms with Crippen LogP contribution in [0.4, 0.5) is 5.69 Å². The SMILES string of the molecule is O=C(C1CC2CCCN2C12C(=O)Nc1ccccc12)N1CCOCC1. The van der Waals surface area contributed by atoms with Gasteiger partial charge in [0.25, 0.3) is 0 Å². The van der Waals surface area contributed by atoms with Crippen LogP contribution in [-0.2, 0) is 19.9 Å². The van der Waals surface area contributed by atoms with Crippen LogP contribution < -0.4 is 5.32 Å². The van der Waals surface area contributed by atoms with E-state index in [-0.39, 0.29) is 17.7 Å². The van der Waals surface area contributed by atoms with E-state index in [2.05, 4.69) is 10.2 Å². The van der Waals surface area contributed by atoms with Crippen LogP contribution in [0, 0.1) is 5.92 Å². The average Bonchev–Trinajstić information content (AvgIpc) is 3.30. The maximum absolute atomic E-state index is 13.4. The quantitative estimate of drug-likeness (QED) is 0.833. The number of para-hydroxylation sites is 1. The fourth-order valence-corrected chi connectivity index (χ4v) is 5.37. The summed E-state index contributed by atoms with van der Waals surface area (Å²) in [5, 5.41) is 3.05. The van der Waals surface area contributed by atoms with Gasteiger partial charge in [0.05, 0.1) is 19.1 Å². The lowest BCUT2D eigenvalue weighted by Crippen LogP contribution is -2.56. The van der Waals surface area contributed by atoms with Gasteiger partial charge >= 0.3 is 0 Å². The zero-order chi connectivity index (χ0) is 17.0. The van der Waals surface area contributed by atoms with Crippen molar-refractivity contribution in [3.63, 3.8) is 0 Å². The highest BCUT2D eigenvalue weighted by Crippen LogP contribution is 2.55. The molecule has 4 aliphatic heterocycles. The zero-order valence-electron chi connectivity index (χ0n) is 14.2. The minimum Gasteiger partial charge on any atom is -0.378 e. The van der Waals surface area contributed by atoms with Crippen molar-refractivity contribution in [1.82, 2.24) is 9.80 Å². The molecule has 1 N–H and O–H groups in total. The van der Waals surface area contributed by atoms with Crippen LogP contribution in [0.15, 0.2) is 24.3 Å². The Labute approximate surface area is 147 Å². The van der Waals surface area contributed by atoms with Crippen molar-refractivity contribution in [2.24, 2.45) is 5.92 Å². The molecule has 3 atom stereocenters. The van der Waals surface area contributed by atoms with Crippen LogP contribution in [0.5, 0.6) is 0 Å². The second-order valence-electron chi connectivity index (χ2n) is 7.48. The molecule has 6 heteroatoms. The van der Waals surface area contributed by atoms with Gasteiger partial charge in [-0.2, -0.15) is 0 Å². The second-order valence-corrected chi connectivity index (χ2v) is 7.48. The number of fused-ring (bicyclic) bond motifs is 4. The van der Waals surface area contributed by atoms with Gasteiger partial charge in [-0.15, -0.1) is 0 Å². The number of hydrogen-bond donors (Lipinski definition) is 1. The van der Waals surface area contributed by atoms with Gasteiger partial charge < -0.3 is 15.0 Å². The maximum atomic E-state index is 13.4. The van der Waals surface area contributed by atoms with Crippen molar-refractivity contribution in [2.45, 2.75) is 30.8 Å². The Hall–Kier alpha value is -1.92. The van der Waals surface area contributed by atoms with Crippen molar-refractivity contribution >= 4 is 17.5 Å². The molecule has 0 radical (unpaired) electrons. The summed E-state index contributed by atoms with van der Waals surface area (Å²) >= 11 is 0. The molecule has 4 aliphatic rings. The molecule has 1 aromatic carbocycles. The van der Waals surface area contributed by atoms with Crippen LogP contribution in [0.25, 0.3) is 0 Å². The number of benzene rings is 1. The van der Waals surface area contributed by atoms with Crippen molar-refractivity contribution in [3.8, 4) is 0 Å². The maximum Gasteiger partial charge on any atom is 0.250 e. The molecule has 132 valence electrons. The number of rotatable bonds is 1. The number of hydrogen-bond acceptors (Lipinski definition) is 4. The summed E-state index contributed by atoms with van der Waals surface area (Å²) in [6.45, 7) is 3.31. The van der Waals surface area contributed by atoms with E-state index in [0.717, 1.165) is 37.1 Å². The minimum absolute atomic E-state index is 0.0234. The number of nitrogens with zero attached hydrogens (tertiary/aromatic N) is 2. The number of nitrogens with one attached hydrogen (secondary N) is 1. The van der Waals surface area contributed by atoms with Crippen LogP contribution >= 0.6 is 0 Å². The summed E-state index contributed by atoms with van der Waals surface area (Å²) in [6.07, 6.45) is 2.95. The average molecular weight is 341 g/mol. The minimum atomic E-state index is -0.826. The summed E-state index contributed by atoms with van der Waals surface area (Å²) < 4.78 is 5.40. The molecule has 6 nitrogen and oxygen atoms in total. The molecule has 0 aromatic heterocycles. The fourth-order valence-electron chi connectivity index (χ4n) is 5.37. The summed E-state index contributed by atoms with van der Waals surface area (Å²) in [5.41, 5.74) is 1.02. The number of amides is 2. The smallest absolute Gasteiger partial charge is 0.250 e. The Balaban J connectivity index is 1.61. The van der Waals surface area contributed by atoms with Crippen molar-refractivity contribution < 1.29 is 14.3 Å².